The van der Waals surface area contributed by atoms with Gasteiger partial charge in [-0.15, -0.1) is 10.2 Å². The summed E-state index contributed by atoms with van der Waals surface area (Å²) in [5.41, 5.74) is 1.08. The van der Waals surface area contributed by atoms with E-state index < -0.39 is 31.5 Å². The zero-order valence-electron chi connectivity index (χ0n) is 25.1. The molecule has 0 spiro atoms. The number of para-hydroxylation sites is 1. The normalized spacial score (nSPS) is 14.8. The lowest BCUT2D eigenvalue weighted by molar-refractivity contribution is -0.117. The van der Waals surface area contributed by atoms with Crippen molar-refractivity contribution in [3.63, 3.8) is 0 Å². The molecule has 3 amide bonds. The van der Waals surface area contributed by atoms with Crippen LogP contribution in [0.4, 0.5) is 17.2 Å². The topological polar surface area (TPSA) is 184 Å². The van der Waals surface area contributed by atoms with Gasteiger partial charge in [-0.05, 0) is 31.0 Å². The third-order valence-electron chi connectivity index (χ3n) is 6.23. The minimum Gasteiger partial charge on any atom is -0.494 e. The standard InChI is InChI=1S/C26H32N8O6/c1-27-25(38)22-19(11-21(30-31-22)29-24(37)14-8-9-14)28-17-7-5-6-16(23(17)40-4)18-10-20(34(3)32-18)26(39)33(2)12-15(36)13-35/h5-7,10-11,14-15,35-36H,8-9,12-13H2,1-4H3,(H,27,38)(H2,28,29,30,37)/i1D3. The van der Waals surface area contributed by atoms with Crippen LogP contribution in [-0.2, 0) is 11.8 Å². The number of likely N-dealkylation sites (N-methyl/N-ethyl adjacent to an activating group) is 1. The van der Waals surface area contributed by atoms with E-state index in [1.807, 2.05) is 5.32 Å². The Bertz CT molecular complexity index is 1520. The highest BCUT2D eigenvalue weighted by Crippen LogP contribution is 2.38. The number of benzene rings is 1. The average molecular weight is 556 g/mol. The number of aromatic nitrogens is 4. The Morgan fingerprint density at radius 2 is 2.02 bits per heavy atom. The van der Waals surface area contributed by atoms with E-state index in [2.05, 4.69) is 25.9 Å². The molecule has 1 atom stereocenters. The van der Waals surface area contributed by atoms with E-state index in [0.29, 0.717) is 16.9 Å². The van der Waals surface area contributed by atoms with Gasteiger partial charge in [0.05, 0.1) is 36.9 Å². The predicted molar refractivity (Wildman–Crippen MR) is 145 cm³/mol. The Morgan fingerprint density at radius 3 is 2.70 bits per heavy atom. The van der Waals surface area contributed by atoms with Crippen molar-refractivity contribution in [2.75, 3.05) is 44.9 Å². The van der Waals surface area contributed by atoms with Gasteiger partial charge in [-0.3, -0.25) is 19.1 Å². The van der Waals surface area contributed by atoms with Gasteiger partial charge in [0.2, 0.25) is 5.91 Å². The molecule has 2 aromatic heterocycles. The molecular weight excluding hydrogens is 520 g/mol. The summed E-state index contributed by atoms with van der Waals surface area (Å²) in [6.45, 7) is -3.36. The first-order valence-corrected chi connectivity index (χ1v) is 12.3. The van der Waals surface area contributed by atoms with Crippen LogP contribution in [0.2, 0.25) is 0 Å². The summed E-state index contributed by atoms with van der Waals surface area (Å²) in [5, 5.41) is 38.6. The molecule has 2 heterocycles. The van der Waals surface area contributed by atoms with E-state index >= 15 is 0 Å². The maximum atomic E-state index is 13.0. The number of anilines is 3. The van der Waals surface area contributed by atoms with Crippen LogP contribution in [0.15, 0.2) is 30.3 Å². The van der Waals surface area contributed by atoms with Crippen LogP contribution < -0.4 is 20.7 Å². The van der Waals surface area contributed by atoms with Gasteiger partial charge < -0.3 is 35.8 Å². The largest absolute Gasteiger partial charge is 0.494 e. The van der Waals surface area contributed by atoms with Crippen LogP contribution in [0.3, 0.4) is 0 Å². The van der Waals surface area contributed by atoms with Crippen LogP contribution in [0, 0.1) is 5.92 Å². The minimum atomic E-state index is -2.79. The Labute approximate surface area is 234 Å². The molecule has 212 valence electrons. The van der Waals surface area contributed by atoms with Crippen LogP contribution >= 0.6 is 0 Å². The molecule has 40 heavy (non-hydrogen) atoms. The summed E-state index contributed by atoms with van der Waals surface area (Å²) in [6, 6.07) is 7.92. The molecule has 14 nitrogen and oxygen atoms in total. The fourth-order valence-electron chi connectivity index (χ4n) is 4.00. The van der Waals surface area contributed by atoms with E-state index in [-0.39, 0.29) is 47.0 Å². The first kappa shape index (κ1) is 24.5. The molecule has 1 fully saturated rings. The highest BCUT2D eigenvalue weighted by atomic mass is 16.5. The second kappa shape index (κ2) is 12.1. The predicted octanol–water partition coefficient (Wildman–Crippen LogP) is 0.763. The van der Waals surface area contributed by atoms with Gasteiger partial charge in [0.1, 0.15) is 5.69 Å². The molecule has 1 aromatic carbocycles. The van der Waals surface area contributed by atoms with Gasteiger partial charge in [-0.1, -0.05) is 6.07 Å². The Hall–Kier alpha value is -4.56. The maximum Gasteiger partial charge on any atom is 0.273 e. The number of carbonyl (C=O) groups excluding carboxylic acids is 3. The number of methoxy groups -OCH3 is 1. The first-order chi connectivity index (χ1) is 20.3. The van der Waals surface area contributed by atoms with Crippen LogP contribution in [0.1, 0.15) is 37.9 Å². The summed E-state index contributed by atoms with van der Waals surface area (Å²) >= 11 is 0. The molecule has 0 radical (unpaired) electrons. The smallest absolute Gasteiger partial charge is 0.273 e. The number of hydrogen-bond donors (Lipinski definition) is 5. The molecule has 1 aliphatic rings. The summed E-state index contributed by atoms with van der Waals surface area (Å²) < 4.78 is 29.2. The van der Waals surface area contributed by atoms with Gasteiger partial charge in [-0.2, -0.15) is 5.10 Å². The van der Waals surface area contributed by atoms with E-state index in [4.69, 9.17) is 14.0 Å². The Balaban J connectivity index is 1.69. The van der Waals surface area contributed by atoms with Crippen molar-refractivity contribution in [1.29, 1.82) is 0 Å². The third-order valence-corrected chi connectivity index (χ3v) is 6.23. The second-order valence-electron chi connectivity index (χ2n) is 9.28. The molecule has 1 unspecified atom stereocenters. The summed E-state index contributed by atoms with van der Waals surface area (Å²) in [6.07, 6.45) is 0.422. The van der Waals surface area contributed by atoms with Crippen molar-refractivity contribution in [2.45, 2.75) is 18.9 Å². The fourth-order valence-corrected chi connectivity index (χ4v) is 4.00. The van der Waals surface area contributed by atoms with Crippen molar-refractivity contribution in [1.82, 2.24) is 30.2 Å². The van der Waals surface area contributed by atoms with Gasteiger partial charge in [0.25, 0.3) is 11.8 Å². The average Bonchev–Trinajstić information content (AvgIpc) is 3.73. The highest BCUT2D eigenvalue weighted by Gasteiger charge is 2.30. The molecule has 4 rings (SSSR count). The van der Waals surface area contributed by atoms with Gasteiger partial charge in [0.15, 0.2) is 17.3 Å². The number of amides is 3. The summed E-state index contributed by atoms with van der Waals surface area (Å²) in [5.74, 6) is -1.49. The summed E-state index contributed by atoms with van der Waals surface area (Å²) in [4.78, 5) is 39.4. The molecular formula is C26H32N8O6. The van der Waals surface area contributed by atoms with E-state index in [9.17, 15) is 19.5 Å². The van der Waals surface area contributed by atoms with Crippen LogP contribution in [-0.4, -0.2) is 93.2 Å². The number of nitrogens with zero attached hydrogens (tertiary/aromatic N) is 5. The molecule has 5 N–H and O–H groups in total. The molecule has 3 aromatic rings. The Morgan fingerprint density at radius 1 is 1.25 bits per heavy atom. The molecule has 0 aliphatic heterocycles. The zero-order chi connectivity index (χ0) is 31.5. The van der Waals surface area contributed by atoms with Crippen LogP contribution in [0.5, 0.6) is 5.75 Å². The fraction of sp³-hybridized carbons (Fsp3) is 0.385. The lowest BCUT2D eigenvalue weighted by atomic mass is 10.1. The number of hydrogen-bond acceptors (Lipinski definition) is 10. The third kappa shape index (κ3) is 6.18. The molecule has 0 saturated heterocycles. The van der Waals surface area contributed by atoms with Crippen molar-refractivity contribution < 1.29 is 33.4 Å². The summed E-state index contributed by atoms with van der Waals surface area (Å²) in [7, 11) is 4.48. The quantitative estimate of drug-likeness (QED) is 0.226. The van der Waals surface area contributed by atoms with E-state index in [1.54, 1.807) is 31.3 Å². The number of aliphatic hydroxyl groups excluding tert-OH is 2. The number of ether oxygens (including phenoxy) is 1. The first-order valence-electron chi connectivity index (χ1n) is 13.8. The monoisotopic (exact) mass is 555 g/mol. The molecule has 1 aliphatic carbocycles. The Kier molecular flexibility index (Phi) is 7.40. The second-order valence-corrected chi connectivity index (χ2v) is 9.28. The van der Waals surface area contributed by atoms with Gasteiger partial charge in [0, 0.05) is 49.3 Å². The molecule has 14 heteroatoms. The lowest BCUT2D eigenvalue weighted by Gasteiger charge is -2.19. The number of rotatable bonds is 11. The van der Waals surface area contributed by atoms with Crippen molar-refractivity contribution >= 4 is 34.9 Å². The van der Waals surface area contributed by atoms with Gasteiger partial charge in [-0.25, -0.2) is 0 Å². The number of nitrogens with one attached hydrogen (secondary N) is 3. The highest BCUT2D eigenvalue weighted by molar-refractivity contribution is 6.00. The minimum absolute atomic E-state index is 0.0410. The zero-order valence-corrected chi connectivity index (χ0v) is 22.1. The van der Waals surface area contributed by atoms with Crippen molar-refractivity contribution in [2.24, 2.45) is 13.0 Å². The molecule has 1 saturated carbocycles. The number of aryl methyl sites for hydroxylation is 1. The van der Waals surface area contributed by atoms with Crippen LogP contribution in [0.25, 0.3) is 11.3 Å². The SMILES string of the molecule is [2H]C([2H])([2H])NC(=O)c1nnc(NC(=O)C2CC2)cc1Nc1cccc(-c2cc(C(=O)N(C)CC(O)CO)n(C)n2)c1OC. The van der Waals surface area contributed by atoms with E-state index in [1.165, 1.54) is 29.8 Å². The van der Waals surface area contributed by atoms with E-state index in [0.717, 1.165) is 12.8 Å². The van der Waals surface area contributed by atoms with Crippen molar-refractivity contribution in [3.05, 3.63) is 41.7 Å². The maximum absolute atomic E-state index is 13.0. The number of carbonyl (C=O) groups is 3. The lowest BCUT2D eigenvalue weighted by Crippen LogP contribution is -2.36. The number of aliphatic hydroxyl groups is 2. The van der Waals surface area contributed by atoms with Crippen molar-refractivity contribution in [3.8, 4) is 17.0 Å². The molecule has 0 bridgehead atoms. The van der Waals surface area contributed by atoms with Gasteiger partial charge >= 0.3 is 0 Å².